The van der Waals surface area contributed by atoms with Gasteiger partial charge in [0, 0.05) is 39.1 Å². The van der Waals surface area contributed by atoms with Gasteiger partial charge in [0.1, 0.15) is 5.75 Å². The number of nitrogens with zero attached hydrogens (tertiary/aromatic N) is 2. The number of carbonyl (C=O) groups is 1. The number of amides is 1. The Bertz CT molecular complexity index is 574. The Labute approximate surface area is 150 Å². The fraction of sp³-hybridized carbons (Fsp3) is 0.579. The number of rotatable bonds is 9. The van der Waals surface area contributed by atoms with Crippen LogP contribution in [0.3, 0.4) is 0 Å². The molecule has 138 valence electrons. The van der Waals surface area contributed by atoms with Crippen LogP contribution < -0.4 is 15.4 Å². The molecule has 1 aromatic rings. The molecule has 0 bridgehead atoms. The number of carbonyl (C=O) groups excluding carboxylic acids is 1. The second kappa shape index (κ2) is 10.6. The van der Waals surface area contributed by atoms with E-state index < -0.39 is 0 Å². The van der Waals surface area contributed by atoms with Gasteiger partial charge >= 0.3 is 0 Å². The Hall–Kier alpha value is -2.24. The van der Waals surface area contributed by atoms with Crippen LogP contribution in [0.4, 0.5) is 0 Å². The van der Waals surface area contributed by atoms with Gasteiger partial charge in [0.15, 0.2) is 5.96 Å². The Morgan fingerprint density at radius 1 is 1.32 bits per heavy atom. The second-order valence-electron chi connectivity index (χ2n) is 6.09. The summed E-state index contributed by atoms with van der Waals surface area (Å²) in [5.41, 5.74) is 1.18. The van der Waals surface area contributed by atoms with Gasteiger partial charge in [-0.25, -0.2) is 0 Å². The summed E-state index contributed by atoms with van der Waals surface area (Å²) in [6.07, 6.45) is 3.47. The van der Waals surface area contributed by atoms with Crippen LogP contribution in [-0.4, -0.2) is 56.6 Å². The first kappa shape index (κ1) is 19.1. The average molecular weight is 346 g/mol. The van der Waals surface area contributed by atoms with Crippen LogP contribution >= 0.6 is 0 Å². The van der Waals surface area contributed by atoms with Gasteiger partial charge < -0.3 is 20.3 Å². The molecule has 0 atom stereocenters. The summed E-state index contributed by atoms with van der Waals surface area (Å²) in [5.74, 6) is 2.03. The van der Waals surface area contributed by atoms with Crippen molar-refractivity contribution in [2.24, 2.45) is 4.99 Å². The van der Waals surface area contributed by atoms with E-state index in [0.717, 1.165) is 57.2 Å². The number of ether oxygens (including phenoxy) is 1. The first-order chi connectivity index (χ1) is 12.2. The van der Waals surface area contributed by atoms with Gasteiger partial charge in [-0.2, -0.15) is 0 Å². The third kappa shape index (κ3) is 6.29. The van der Waals surface area contributed by atoms with Crippen LogP contribution in [0.15, 0.2) is 29.3 Å². The molecule has 1 heterocycles. The molecular formula is C19H30N4O2. The van der Waals surface area contributed by atoms with E-state index in [9.17, 15) is 4.79 Å². The van der Waals surface area contributed by atoms with Gasteiger partial charge in [-0.1, -0.05) is 18.2 Å². The van der Waals surface area contributed by atoms with Crippen LogP contribution in [0.5, 0.6) is 5.75 Å². The highest BCUT2D eigenvalue weighted by Gasteiger charge is 2.18. The molecule has 6 heteroatoms. The van der Waals surface area contributed by atoms with Crippen LogP contribution in [-0.2, 0) is 11.2 Å². The van der Waals surface area contributed by atoms with E-state index in [2.05, 4.69) is 28.6 Å². The molecule has 0 spiro atoms. The number of hydrogen-bond acceptors (Lipinski definition) is 3. The number of hydrogen-bond donors (Lipinski definition) is 2. The molecule has 1 amide bonds. The zero-order valence-corrected chi connectivity index (χ0v) is 15.4. The van der Waals surface area contributed by atoms with E-state index in [0.29, 0.717) is 13.0 Å². The number of guanidine groups is 1. The summed E-state index contributed by atoms with van der Waals surface area (Å²) < 4.78 is 5.38. The SMILES string of the molecule is CCNC(=NCCCN1CCCC1=O)NCCc1ccccc1OC. The number of likely N-dealkylation sites (tertiary alicyclic amines) is 1. The first-order valence-electron chi connectivity index (χ1n) is 9.16. The van der Waals surface area contributed by atoms with Crippen molar-refractivity contribution in [3.8, 4) is 5.75 Å². The summed E-state index contributed by atoms with van der Waals surface area (Å²) in [6, 6.07) is 8.06. The molecule has 25 heavy (non-hydrogen) atoms. The molecule has 0 radical (unpaired) electrons. The van der Waals surface area contributed by atoms with E-state index in [4.69, 9.17) is 4.74 Å². The molecule has 2 N–H and O–H groups in total. The minimum absolute atomic E-state index is 0.283. The topological polar surface area (TPSA) is 66.0 Å². The van der Waals surface area contributed by atoms with Gasteiger partial charge in [0.2, 0.25) is 5.91 Å². The maximum Gasteiger partial charge on any atom is 0.222 e. The minimum atomic E-state index is 0.283. The molecule has 1 saturated heterocycles. The van der Waals surface area contributed by atoms with Crippen molar-refractivity contribution in [2.45, 2.75) is 32.6 Å². The second-order valence-corrected chi connectivity index (χ2v) is 6.09. The third-order valence-electron chi connectivity index (χ3n) is 4.25. The largest absolute Gasteiger partial charge is 0.496 e. The smallest absolute Gasteiger partial charge is 0.222 e. The maximum absolute atomic E-state index is 11.6. The van der Waals surface area contributed by atoms with Crippen molar-refractivity contribution in [2.75, 3.05) is 39.8 Å². The van der Waals surface area contributed by atoms with Gasteiger partial charge in [-0.15, -0.1) is 0 Å². The zero-order valence-electron chi connectivity index (χ0n) is 15.4. The molecule has 1 aromatic carbocycles. The summed E-state index contributed by atoms with van der Waals surface area (Å²) in [5, 5.41) is 6.62. The van der Waals surface area contributed by atoms with E-state index >= 15 is 0 Å². The molecule has 0 aliphatic carbocycles. The molecule has 2 rings (SSSR count). The van der Waals surface area contributed by atoms with Crippen LogP contribution in [0.1, 0.15) is 31.7 Å². The number of aliphatic imine (C=N–C) groups is 1. The van der Waals surface area contributed by atoms with Crippen molar-refractivity contribution in [1.82, 2.24) is 15.5 Å². The highest BCUT2D eigenvalue weighted by atomic mass is 16.5. The van der Waals surface area contributed by atoms with Crippen molar-refractivity contribution in [3.63, 3.8) is 0 Å². The molecule has 0 saturated carbocycles. The maximum atomic E-state index is 11.6. The van der Waals surface area contributed by atoms with Gasteiger partial charge in [-0.05, 0) is 37.8 Å². The van der Waals surface area contributed by atoms with Gasteiger partial charge in [-0.3, -0.25) is 9.79 Å². The van der Waals surface area contributed by atoms with E-state index in [1.54, 1.807) is 7.11 Å². The number of methoxy groups -OCH3 is 1. The number of benzene rings is 1. The van der Waals surface area contributed by atoms with Crippen molar-refractivity contribution < 1.29 is 9.53 Å². The fourth-order valence-electron chi connectivity index (χ4n) is 2.96. The normalized spacial score (nSPS) is 14.7. The highest BCUT2D eigenvalue weighted by Crippen LogP contribution is 2.17. The predicted molar refractivity (Wildman–Crippen MR) is 101 cm³/mol. The molecule has 1 fully saturated rings. The summed E-state index contributed by atoms with van der Waals surface area (Å²) in [4.78, 5) is 18.1. The van der Waals surface area contributed by atoms with Crippen LogP contribution in [0.2, 0.25) is 0 Å². The van der Waals surface area contributed by atoms with E-state index in [-0.39, 0.29) is 5.91 Å². The summed E-state index contributed by atoms with van der Waals surface area (Å²) >= 11 is 0. The Kier molecular flexibility index (Phi) is 8.09. The molecule has 6 nitrogen and oxygen atoms in total. The predicted octanol–water partition coefficient (Wildman–Crippen LogP) is 1.81. The van der Waals surface area contributed by atoms with Gasteiger partial charge in [0.05, 0.1) is 7.11 Å². The molecule has 0 unspecified atom stereocenters. The minimum Gasteiger partial charge on any atom is -0.496 e. The lowest BCUT2D eigenvalue weighted by atomic mass is 10.1. The monoisotopic (exact) mass is 346 g/mol. The quantitative estimate of drug-likeness (QED) is 0.407. The Morgan fingerprint density at radius 2 is 2.16 bits per heavy atom. The molecule has 1 aliphatic rings. The Morgan fingerprint density at radius 3 is 2.88 bits per heavy atom. The van der Waals surface area contributed by atoms with Crippen LogP contribution in [0.25, 0.3) is 0 Å². The molecule has 1 aliphatic heterocycles. The average Bonchev–Trinajstić information content (AvgIpc) is 3.04. The lowest BCUT2D eigenvalue weighted by Crippen LogP contribution is -2.38. The zero-order chi connectivity index (χ0) is 17.9. The van der Waals surface area contributed by atoms with Crippen LogP contribution in [0, 0.1) is 0 Å². The van der Waals surface area contributed by atoms with E-state index in [1.807, 2.05) is 23.1 Å². The van der Waals surface area contributed by atoms with Crippen molar-refractivity contribution in [1.29, 1.82) is 0 Å². The first-order valence-corrected chi connectivity index (χ1v) is 9.16. The highest BCUT2D eigenvalue weighted by molar-refractivity contribution is 5.79. The summed E-state index contributed by atoms with van der Waals surface area (Å²) in [7, 11) is 1.70. The lowest BCUT2D eigenvalue weighted by Gasteiger charge is -2.15. The van der Waals surface area contributed by atoms with Crippen molar-refractivity contribution in [3.05, 3.63) is 29.8 Å². The third-order valence-corrected chi connectivity index (χ3v) is 4.25. The standard InChI is InChI=1S/C19H30N4O2/c1-3-20-19(21-12-7-15-23-14-6-10-18(23)24)22-13-11-16-8-4-5-9-17(16)25-2/h4-5,8-9H,3,6-7,10-15H2,1-2H3,(H2,20,21,22). The lowest BCUT2D eigenvalue weighted by molar-refractivity contribution is -0.127. The Balaban J connectivity index is 1.74. The molecular weight excluding hydrogens is 316 g/mol. The van der Waals surface area contributed by atoms with Crippen molar-refractivity contribution >= 4 is 11.9 Å². The number of nitrogens with one attached hydrogen (secondary N) is 2. The fourth-order valence-corrected chi connectivity index (χ4v) is 2.96. The van der Waals surface area contributed by atoms with Gasteiger partial charge in [0.25, 0.3) is 0 Å². The van der Waals surface area contributed by atoms with E-state index in [1.165, 1.54) is 5.56 Å². The summed E-state index contributed by atoms with van der Waals surface area (Å²) in [6.45, 7) is 6.10. The number of para-hydroxylation sites is 1. The molecule has 0 aromatic heterocycles.